The number of fused-ring (bicyclic) bond motifs is 1. The van der Waals surface area contributed by atoms with Crippen LogP contribution in [0.25, 0.3) is 0 Å². The highest BCUT2D eigenvalue weighted by Crippen LogP contribution is 2.40. The van der Waals surface area contributed by atoms with Crippen LogP contribution in [0.15, 0.2) is 24.3 Å². The van der Waals surface area contributed by atoms with Crippen LogP contribution in [0.4, 0.5) is 0 Å². The number of para-hydroxylation sites is 1. The molecule has 0 aliphatic carbocycles. The number of hydrogen-bond donors (Lipinski definition) is 0. The maximum Gasteiger partial charge on any atom is 0.123 e. The summed E-state index contributed by atoms with van der Waals surface area (Å²) in [5.74, 6) is 1.76. The molecule has 1 heterocycles. The maximum atomic E-state index is 6.26. The molecule has 2 rings (SSSR count). The van der Waals surface area contributed by atoms with Crippen molar-refractivity contribution in [2.45, 2.75) is 52.1 Å². The molecule has 0 amide bonds. The molecule has 1 heteroatoms. The molecule has 1 aliphatic rings. The molecule has 1 aliphatic heterocycles. The van der Waals surface area contributed by atoms with Crippen LogP contribution in [-0.2, 0) is 6.42 Å². The molecule has 1 nitrogen and oxygen atoms in total. The minimum Gasteiger partial charge on any atom is -0.487 e. The normalized spacial score (nSPS) is 28.3. The average Bonchev–Trinajstić information content (AvgIpc) is 2.28. The summed E-state index contributed by atoms with van der Waals surface area (Å²) < 4.78 is 6.26. The van der Waals surface area contributed by atoms with E-state index in [0.29, 0.717) is 5.92 Å². The van der Waals surface area contributed by atoms with E-state index >= 15 is 0 Å². The third kappa shape index (κ3) is 1.95. The number of ether oxygens (including phenoxy) is 1. The van der Waals surface area contributed by atoms with Crippen molar-refractivity contribution in [2.75, 3.05) is 0 Å². The van der Waals surface area contributed by atoms with Gasteiger partial charge in [-0.1, -0.05) is 38.5 Å². The van der Waals surface area contributed by atoms with Crippen molar-refractivity contribution in [1.82, 2.24) is 0 Å². The van der Waals surface area contributed by atoms with Crippen molar-refractivity contribution in [2.24, 2.45) is 5.92 Å². The van der Waals surface area contributed by atoms with Crippen molar-refractivity contribution < 1.29 is 4.74 Å². The predicted molar refractivity (Wildman–Crippen MR) is 67.9 cm³/mol. The summed E-state index contributed by atoms with van der Waals surface area (Å²) >= 11 is 0. The quantitative estimate of drug-likeness (QED) is 0.738. The van der Waals surface area contributed by atoms with E-state index in [0.717, 1.165) is 12.2 Å². The van der Waals surface area contributed by atoms with Gasteiger partial charge in [-0.15, -0.1) is 0 Å². The van der Waals surface area contributed by atoms with E-state index in [1.807, 2.05) is 0 Å². The SMILES string of the molecule is CCCC1(C)Oc2ccccc2CC1CC. The van der Waals surface area contributed by atoms with Crippen LogP contribution < -0.4 is 4.74 Å². The van der Waals surface area contributed by atoms with E-state index in [1.165, 1.54) is 24.8 Å². The molecule has 1 aromatic carbocycles. The second-order valence-electron chi connectivity index (χ2n) is 5.08. The van der Waals surface area contributed by atoms with Gasteiger partial charge in [0.15, 0.2) is 0 Å². The zero-order chi connectivity index (χ0) is 11.6. The highest BCUT2D eigenvalue weighted by molar-refractivity contribution is 5.36. The van der Waals surface area contributed by atoms with Gasteiger partial charge in [-0.05, 0) is 37.8 Å². The Hall–Kier alpha value is -0.980. The molecule has 0 spiro atoms. The van der Waals surface area contributed by atoms with Crippen LogP contribution in [0.3, 0.4) is 0 Å². The van der Waals surface area contributed by atoms with Crippen LogP contribution in [0, 0.1) is 5.92 Å². The lowest BCUT2D eigenvalue weighted by molar-refractivity contribution is -0.000595. The van der Waals surface area contributed by atoms with Gasteiger partial charge in [0.1, 0.15) is 11.4 Å². The molecule has 0 radical (unpaired) electrons. The van der Waals surface area contributed by atoms with E-state index in [4.69, 9.17) is 4.74 Å². The number of rotatable bonds is 3. The molecule has 2 unspecified atom stereocenters. The smallest absolute Gasteiger partial charge is 0.123 e. The molecule has 0 saturated heterocycles. The standard InChI is InChI=1S/C15H22O/c1-4-10-15(3)13(5-2)11-12-8-6-7-9-14(12)16-15/h6-9,13H,4-5,10-11H2,1-3H3. The van der Waals surface area contributed by atoms with E-state index in [1.54, 1.807) is 0 Å². The molecular formula is C15H22O. The summed E-state index contributed by atoms with van der Waals surface area (Å²) in [6.45, 7) is 6.79. The topological polar surface area (TPSA) is 9.23 Å². The third-order valence-electron chi connectivity index (χ3n) is 3.88. The van der Waals surface area contributed by atoms with Gasteiger partial charge in [0.05, 0.1) is 0 Å². The van der Waals surface area contributed by atoms with Gasteiger partial charge < -0.3 is 4.74 Å². The molecule has 0 fully saturated rings. The minimum atomic E-state index is 0.0395. The molecule has 88 valence electrons. The Morgan fingerprint density at radius 2 is 2.06 bits per heavy atom. The van der Waals surface area contributed by atoms with Crippen LogP contribution in [0.2, 0.25) is 0 Å². The average molecular weight is 218 g/mol. The van der Waals surface area contributed by atoms with Crippen LogP contribution in [-0.4, -0.2) is 5.60 Å². The van der Waals surface area contributed by atoms with Crippen molar-refractivity contribution in [3.05, 3.63) is 29.8 Å². The molecule has 2 atom stereocenters. The Kier molecular flexibility index (Phi) is 3.22. The summed E-state index contributed by atoms with van der Waals surface area (Å²) in [5, 5.41) is 0. The van der Waals surface area contributed by atoms with Crippen molar-refractivity contribution in [3.8, 4) is 5.75 Å². The molecule has 1 aromatic rings. The highest BCUT2D eigenvalue weighted by Gasteiger charge is 2.38. The Balaban J connectivity index is 2.30. The summed E-state index contributed by atoms with van der Waals surface area (Å²) in [7, 11) is 0. The van der Waals surface area contributed by atoms with Gasteiger partial charge in [-0.2, -0.15) is 0 Å². The van der Waals surface area contributed by atoms with E-state index in [9.17, 15) is 0 Å². The van der Waals surface area contributed by atoms with Gasteiger partial charge in [-0.25, -0.2) is 0 Å². The first-order valence-electron chi connectivity index (χ1n) is 6.46. The summed E-state index contributed by atoms with van der Waals surface area (Å²) in [4.78, 5) is 0. The monoisotopic (exact) mass is 218 g/mol. The number of hydrogen-bond acceptors (Lipinski definition) is 1. The Morgan fingerprint density at radius 1 is 1.31 bits per heavy atom. The zero-order valence-electron chi connectivity index (χ0n) is 10.6. The second-order valence-corrected chi connectivity index (χ2v) is 5.08. The van der Waals surface area contributed by atoms with Gasteiger partial charge in [0.25, 0.3) is 0 Å². The molecule has 0 N–H and O–H groups in total. The van der Waals surface area contributed by atoms with Crippen LogP contribution >= 0.6 is 0 Å². The summed E-state index contributed by atoms with van der Waals surface area (Å²) in [6, 6.07) is 8.48. The molecule has 0 aromatic heterocycles. The molecule has 0 saturated carbocycles. The lowest BCUT2D eigenvalue weighted by atomic mass is 9.77. The fraction of sp³-hybridized carbons (Fsp3) is 0.600. The van der Waals surface area contributed by atoms with Crippen molar-refractivity contribution in [3.63, 3.8) is 0 Å². The highest BCUT2D eigenvalue weighted by atomic mass is 16.5. The van der Waals surface area contributed by atoms with E-state index < -0.39 is 0 Å². The van der Waals surface area contributed by atoms with Gasteiger partial charge in [0, 0.05) is 5.92 Å². The first-order valence-corrected chi connectivity index (χ1v) is 6.46. The summed E-state index contributed by atoms with van der Waals surface area (Å²) in [5.41, 5.74) is 1.42. The van der Waals surface area contributed by atoms with E-state index in [2.05, 4.69) is 45.0 Å². The fourth-order valence-electron chi connectivity index (χ4n) is 2.92. The molecular weight excluding hydrogens is 196 g/mol. The molecule has 16 heavy (non-hydrogen) atoms. The lowest BCUT2D eigenvalue weighted by Crippen LogP contribution is -2.44. The Morgan fingerprint density at radius 3 is 2.75 bits per heavy atom. The van der Waals surface area contributed by atoms with Gasteiger partial charge >= 0.3 is 0 Å². The zero-order valence-corrected chi connectivity index (χ0v) is 10.6. The third-order valence-corrected chi connectivity index (χ3v) is 3.88. The predicted octanol–water partition coefficient (Wildman–Crippen LogP) is 4.21. The van der Waals surface area contributed by atoms with Gasteiger partial charge in [-0.3, -0.25) is 0 Å². The summed E-state index contributed by atoms with van der Waals surface area (Å²) in [6.07, 6.45) is 4.71. The lowest BCUT2D eigenvalue weighted by Gasteiger charge is -2.42. The number of benzene rings is 1. The molecule has 0 bridgehead atoms. The minimum absolute atomic E-state index is 0.0395. The van der Waals surface area contributed by atoms with Crippen molar-refractivity contribution >= 4 is 0 Å². The first kappa shape index (κ1) is 11.5. The van der Waals surface area contributed by atoms with Crippen LogP contribution in [0.1, 0.15) is 45.6 Å². The second kappa shape index (κ2) is 4.48. The maximum absolute atomic E-state index is 6.26. The Bertz CT molecular complexity index is 358. The Labute approximate surface area is 98.8 Å². The van der Waals surface area contributed by atoms with Gasteiger partial charge in [0.2, 0.25) is 0 Å². The first-order chi connectivity index (χ1) is 7.69. The van der Waals surface area contributed by atoms with Crippen molar-refractivity contribution in [1.29, 1.82) is 0 Å². The van der Waals surface area contributed by atoms with E-state index in [-0.39, 0.29) is 5.60 Å². The van der Waals surface area contributed by atoms with Crippen LogP contribution in [0.5, 0.6) is 5.75 Å². The largest absolute Gasteiger partial charge is 0.487 e. The fourth-order valence-corrected chi connectivity index (χ4v) is 2.92.